The molecule has 102 valence electrons. The number of carbonyl (C=O) groups excluding carboxylic acids is 2. The molecule has 1 rings (SSSR count). The maximum atomic E-state index is 12.3. The highest BCUT2D eigenvalue weighted by Gasteiger charge is 2.40. The molecule has 0 bridgehead atoms. The molecular weight excluding hydrogens is 236 g/mol. The van der Waals surface area contributed by atoms with Gasteiger partial charge in [-0.25, -0.2) is 4.79 Å². The Morgan fingerprint density at radius 1 is 1.44 bits per heavy atom. The molecule has 1 aliphatic rings. The van der Waals surface area contributed by atoms with Crippen LogP contribution >= 0.6 is 0 Å². The molecule has 0 aromatic heterocycles. The Morgan fingerprint density at radius 3 is 2.50 bits per heavy atom. The lowest BCUT2D eigenvalue weighted by atomic mass is 9.86. The first-order valence-electron chi connectivity index (χ1n) is 6.02. The van der Waals surface area contributed by atoms with E-state index in [-0.39, 0.29) is 5.91 Å². The number of rotatable bonds is 4. The fourth-order valence-electron chi connectivity index (χ4n) is 2.21. The Morgan fingerprint density at radius 2 is 2.06 bits per heavy atom. The summed E-state index contributed by atoms with van der Waals surface area (Å²) in [6.45, 7) is 5.93. The number of hydrogen-bond acceptors (Lipinski definition) is 3. The molecule has 0 spiro atoms. The van der Waals surface area contributed by atoms with E-state index in [1.54, 1.807) is 0 Å². The number of carbonyl (C=O) groups is 3. The van der Waals surface area contributed by atoms with Crippen molar-refractivity contribution in [3.8, 4) is 0 Å². The number of aliphatic carboxylic acids is 1. The van der Waals surface area contributed by atoms with Crippen LogP contribution in [0.4, 0.5) is 0 Å². The van der Waals surface area contributed by atoms with Crippen molar-refractivity contribution in [3.63, 3.8) is 0 Å². The number of carboxylic acid groups (broad SMARTS) is 1. The zero-order valence-electron chi connectivity index (χ0n) is 11.0. The van der Waals surface area contributed by atoms with Crippen LogP contribution in [0, 0.1) is 5.41 Å². The van der Waals surface area contributed by atoms with Gasteiger partial charge in [-0.2, -0.15) is 0 Å². The summed E-state index contributed by atoms with van der Waals surface area (Å²) in [5.41, 5.74) is -0.455. The summed E-state index contributed by atoms with van der Waals surface area (Å²) in [5, 5.41) is 11.6. The topological polar surface area (TPSA) is 86.7 Å². The van der Waals surface area contributed by atoms with Gasteiger partial charge in [0.1, 0.15) is 12.1 Å². The molecule has 6 heteroatoms. The minimum absolute atomic E-state index is 0.320. The van der Waals surface area contributed by atoms with Gasteiger partial charge in [0.25, 0.3) is 0 Å². The molecule has 1 saturated heterocycles. The van der Waals surface area contributed by atoms with E-state index in [4.69, 9.17) is 5.11 Å². The van der Waals surface area contributed by atoms with E-state index in [1.165, 1.54) is 4.90 Å². The number of nitrogens with zero attached hydrogens (tertiary/aromatic N) is 1. The van der Waals surface area contributed by atoms with Crippen molar-refractivity contribution in [1.82, 2.24) is 10.2 Å². The Labute approximate surface area is 106 Å². The molecule has 2 amide bonds. The summed E-state index contributed by atoms with van der Waals surface area (Å²) in [4.78, 5) is 35.4. The summed E-state index contributed by atoms with van der Waals surface area (Å²) in [6.07, 6.45) is 1.64. The second kappa shape index (κ2) is 5.37. The second-order valence-electron chi connectivity index (χ2n) is 5.61. The summed E-state index contributed by atoms with van der Waals surface area (Å²) in [6, 6.07) is -1.47. The van der Waals surface area contributed by atoms with E-state index in [1.807, 2.05) is 20.8 Å². The normalized spacial score (nSPS) is 21.5. The minimum Gasteiger partial charge on any atom is -0.480 e. The molecule has 0 saturated carbocycles. The third-order valence-corrected chi connectivity index (χ3v) is 3.17. The van der Waals surface area contributed by atoms with Crippen LogP contribution in [-0.4, -0.2) is 46.9 Å². The van der Waals surface area contributed by atoms with E-state index in [9.17, 15) is 14.4 Å². The largest absolute Gasteiger partial charge is 0.480 e. The van der Waals surface area contributed by atoms with Crippen molar-refractivity contribution >= 4 is 18.3 Å². The van der Waals surface area contributed by atoms with E-state index < -0.39 is 23.5 Å². The molecule has 1 heterocycles. The van der Waals surface area contributed by atoms with E-state index >= 15 is 0 Å². The van der Waals surface area contributed by atoms with Gasteiger partial charge < -0.3 is 15.3 Å². The van der Waals surface area contributed by atoms with Gasteiger partial charge in [-0.05, 0) is 18.3 Å². The molecule has 0 aliphatic carbocycles. The number of carboxylic acids is 1. The van der Waals surface area contributed by atoms with E-state index in [0.717, 1.165) is 0 Å². The molecule has 1 fully saturated rings. The molecule has 6 nitrogen and oxygen atoms in total. The minimum atomic E-state index is -0.986. The average molecular weight is 256 g/mol. The SMILES string of the molecule is CC(C)(C)C(NC=O)C(=O)N1CCCC1C(=O)O. The molecule has 0 aromatic rings. The van der Waals surface area contributed by atoms with Crippen molar-refractivity contribution in [2.45, 2.75) is 45.7 Å². The molecule has 1 aliphatic heterocycles. The number of likely N-dealkylation sites (tertiary alicyclic amines) is 1. The predicted octanol–water partition coefficient (Wildman–Crippen LogP) is 0.223. The zero-order chi connectivity index (χ0) is 13.9. The zero-order valence-corrected chi connectivity index (χ0v) is 11.0. The third-order valence-electron chi connectivity index (χ3n) is 3.17. The fourth-order valence-corrected chi connectivity index (χ4v) is 2.21. The lowest BCUT2D eigenvalue weighted by Gasteiger charge is -2.33. The van der Waals surface area contributed by atoms with Crippen molar-refractivity contribution in [2.24, 2.45) is 5.41 Å². The molecule has 2 N–H and O–H groups in total. The van der Waals surface area contributed by atoms with E-state index in [2.05, 4.69) is 5.32 Å². The van der Waals surface area contributed by atoms with Gasteiger partial charge >= 0.3 is 5.97 Å². The lowest BCUT2D eigenvalue weighted by Crippen LogP contribution is -2.55. The lowest BCUT2D eigenvalue weighted by molar-refractivity contribution is -0.150. The van der Waals surface area contributed by atoms with Gasteiger partial charge in [-0.1, -0.05) is 20.8 Å². The molecule has 2 unspecified atom stereocenters. The Bertz CT molecular complexity index is 348. The smallest absolute Gasteiger partial charge is 0.326 e. The van der Waals surface area contributed by atoms with Gasteiger partial charge in [-0.15, -0.1) is 0 Å². The van der Waals surface area contributed by atoms with Crippen LogP contribution in [-0.2, 0) is 14.4 Å². The Hall–Kier alpha value is -1.59. The summed E-state index contributed by atoms with van der Waals surface area (Å²) in [7, 11) is 0. The summed E-state index contributed by atoms with van der Waals surface area (Å²) in [5.74, 6) is -1.31. The van der Waals surface area contributed by atoms with Gasteiger partial charge in [0.15, 0.2) is 0 Å². The van der Waals surface area contributed by atoms with Gasteiger partial charge in [-0.3, -0.25) is 9.59 Å². The van der Waals surface area contributed by atoms with Gasteiger partial charge in [0.2, 0.25) is 12.3 Å². The fraction of sp³-hybridized carbons (Fsp3) is 0.750. The first-order chi connectivity index (χ1) is 8.29. The van der Waals surface area contributed by atoms with E-state index in [0.29, 0.717) is 25.8 Å². The molecule has 2 atom stereocenters. The molecule has 0 radical (unpaired) electrons. The van der Waals surface area contributed by atoms with Crippen LogP contribution in [0.15, 0.2) is 0 Å². The van der Waals surface area contributed by atoms with Crippen molar-refractivity contribution < 1.29 is 19.5 Å². The highest BCUT2D eigenvalue weighted by molar-refractivity contribution is 5.89. The highest BCUT2D eigenvalue weighted by Crippen LogP contribution is 2.25. The number of nitrogens with one attached hydrogen (secondary N) is 1. The van der Waals surface area contributed by atoms with Crippen LogP contribution in [0.5, 0.6) is 0 Å². The van der Waals surface area contributed by atoms with Crippen LogP contribution in [0.3, 0.4) is 0 Å². The second-order valence-corrected chi connectivity index (χ2v) is 5.61. The monoisotopic (exact) mass is 256 g/mol. The molecule has 0 aromatic carbocycles. The Balaban J connectivity index is 2.89. The first-order valence-corrected chi connectivity index (χ1v) is 6.02. The van der Waals surface area contributed by atoms with Crippen LogP contribution in [0.2, 0.25) is 0 Å². The van der Waals surface area contributed by atoms with Crippen LogP contribution < -0.4 is 5.32 Å². The van der Waals surface area contributed by atoms with Crippen LogP contribution in [0.1, 0.15) is 33.6 Å². The summed E-state index contributed by atoms with van der Waals surface area (Å²) < 4.78 is 0. The number of amides is 2. The third kappa shape index (κ3) is 3.00. The highest BCUT2D eigenvalue weighted by atomic mass is 16.4. The maximum absolute atomic E-state index is 12.3. The number of hydrogen-bond donors (Lipinski definition) is 2. The maximum Gasteiger partial charge on any atom is 0.326 e. The Kier molecular flexibility index (Phi) is 4.32. The predicted molar refractivity (Wildman–Crippen MR) is 64.8 cm³/mol. The summed E-state index contributed by atoms with van der Waals surface area (Å²) >= 11 is 0. The van der Waals surface area contributed by atoms with Crippen molar-refractivity contribution in [1.29, 1.82) is 0 Å². The van der Waals surface area contributed by atoms with Crippen LogP contribution in [0.25, 0.3) is 0 Å². The standard InChI is InChI=1S/C12H20N2O4/c1-12(2,3)9(13-7-15)10(16)14-6-4-5-8(14)11(17)18/h7-9H,4-6H2,1-3H3,(H,13,15)(H,17,18). The van der Waals surface area contributed by atoms with Gasteiger partial charge in [0, 0.05) is 6.54 Å². The van der Waals surface area contributed by atoms with Gasteiger partial charge in [0.05, 0.1) is 0 Å². The molecular formula is C12H20N2O4. The quantitative estimate of drug-likeness (QED) is 0.705. The van der Waals surface area contributed by atoms with Crippen molar-refractivity contribution in [2.75, 3.05) is 6.54 Å². The molecule has 18 heavy (non-hydrogen) atoms. The average Bonchev–Trinajstić information content (AvgIpc) is 2.72. The van der Waals surface area contributed by atoms with Crippen molar-refractivity contribution in [3.05, 3.63) is 0 Å². The first kappa shape index (κ1) is 14.5.